The molecule has 1 aliphatic heterocycles. The number of nitrogens with one attached hydrogen (secondary N) is 1. The Balaban J connectivity index is 1.85. The van der Waals surface area contributed by atoms with Crippen LogP contribution in [0, 0.1) is 0 Å². The molecule has 7 nitrogen and oxygen atoms in total. The lowest BCUT2D eigenvalue weighted by atomic mass is 10.1. The van der Waals surface area contributed by atoms with Gasteiger partial charge in [-0.3, -0.25) is 19.1 Å². The number of carbonyl (C=O) groups is 1. The smallest absolute Gasteiger partial charge is 0.322 e. The van der Waals surface area contributed by atoms with Crippen LogP contribution in [0.5, 0.6) is 0 Å². The summed E-state index contributed by atoms with van der Waals surface area (Å²) in [7, 11) is 0. The maximum absolute atomic E-state index is 13.3. The first-order valence-corrected chi connectivity index (χ1v) is 10.7. The molecule has 2 unspecified atom stereocenters. The normalized spacial score (nSPS) is 18.7. The Kier molecular flexibility index (Phi) is 5.75. The van der Waals surface area contributed by atoms with Crippen LogP contribution in [-0.4, -0.2) is 51.2 Å². The summed E-state index contributed by atoms with van der Waals surface area (Å²) >= 11 is 1.44. The van der Waals surface area contributed by atoms with Gasteiger partial charge in [0.05, 0.1) is 18.0 Å². The van der Waals surface area contributed by atoms with E-state index in [9.17, 15) is 14.7 Å². The van der Waals surface area contributed by atoms with Crippen molar-refractivity contribution in [3.05, 3.63) is 63.5 Å². The molecule has 0 amide bonds. The zero-order valence-corrected chi connectivity index (χ0v) is 17.1. The van der Waals surface area contributed by atoms with Gasteiger partial charge in [0, 0.05) is 19.6 Å². The van der Waals surface area contributed by atoms with E-state index in [2.05, 4.69) is 5.32 Å². The maximum atomic E-state index is 13.3. The van der Waals surface area contributed by atoms with E-state index in [0.717, 1.165) is 5.56 Å². The third kappa shape index (κ3) is 3.83. The molecule has 1 fully saturated rings. The fourth-order valence-electron chi connectivity index (χ4n) is 4.03. The second kappa shape index (κ2) is 8.44. The second-order valence-electron chi connectivity index (χ2n) is 7.21. The van der Waals surface area contributed by atoms with Crippen molar-refractivity contribution in [1.29, 1.82) is 0 Å². The highest BCUT2D eigenvalue weighted by Crippen LogP contribution is 2.28. The monoisotopic (exact) mass is 412 g/mol. The first kappa shape index (κ1) is 19.8. The van der Waals surface area contributed by atoms with Crippen molar-refractivity contribution in [1.82, 2.24) is 19.8 Å². The lowest BCUT2D eigenvalue weighted by Gasteiger charge is -2.39. The topological polar surface area (TPSA) is 87.5 Å². The molecule has 8 heteroatoms. The van der Waals surface area contributed by atoms with Gasteiger partial charge in [-0.25, -0.2) is 4.98 Å². The quantitative estimate of drug-likeness (QED) is 0.646. The summed E-state index contributed by atoms with van der Waals surface area (Å²) in [5.41, 5.74) is 0.938. The lowest BCUT2D eigenvalue weighted by molar-refractivity contribution is -0.145. The van der Waals surface area contributed by atoms with Crippen LogP contribution in [0.25, 0.3) is 10.2 Å². The van der Waals surface area contributed by atoms with E-state index in [-0.39, 0.29) is 11.6 Å². The molecule has 0 saturated carbocycles. The molecule has 29 heavy (non-hydrogen) atoms. The standard InChI is InChI=1S/C21H24N4O3S/c1-2-16(24-10-9-22-12-17(24)21(27)28)18-23-19-15(8-11-29-19)20(26)25(18)13-14-6-4-3-5-7-14/h3-8,11,16-17,22H,2,9-10,12-13H2,1H3,(H,27,28). The van der Waals surface area contributed by atoms with Gasteiger partial charge in [-0.05, 0) is 23.4 Å². The summed E-state index contributed by atoms with van der Waals surface area (Å²) in [6.07, 6.45) is 0.669. The van der Waals surface area contributed by atoms with E-state index in [4.69, 9.17) is 4.98 Å². The molecule has 1 saturated heterocycles. The molecule has 0 spiro atoms. The van der Waals surface area contributed by atoms with Gasteiger partial charge in [0.1, 0.15) is 16.7 Å². The summed E-state index contributed by atoms with van der Waals surface area (Å²) in [5.74, 6) is -0.214. The maximum Gasteiger partial charge on any atom is 0.322 e. The van der Waals surface area contributed by atoms with Crippen LogP contribution in [0.2, 0.25) is 0 Å². The molecule has 3 heterocycles. The summed E-state index contributed by atoms with van der Waals surface area (Å²) in [4.78, 5) is 32.7. The van der Waals surface area contributed by atoms with Crippen LogP contribution in [0.4, 0.5) is 0 Å². The van der Waals surface area contributed by atoms with Crippen molar-refractivity contribution in [3.8, 4) is 0 Å². The summed E-state index contributed by atoms with van der Waals surface area (Å²) in [5, 5.41) is 15.4. The predicted molar refractivity (Wildman–Crippen MR) is 113 cm³/mol. The lowest BCUT2D eigenvalue weighted by Crippen LogP contribution is -2.56. The van der Waals surface area contributed by atoms with Gasteiger partial charge in [-0.2, -0.15) is 0 Å². The molecule has 0 aliphatic carbocycles. The molecule has 4 rings (SSSR count). The molecule has 2 N–H and O–H groups in total. The number of nitrogens with zero attached hydrogens (tertiary/aromatic N) is 3. The molecule has 152 valence electrons. The molecule has 3 aromatic rings. The van der Waals surface area contributed by atoms with Gasteiger partial charge in [-0.15, -0.1) is 11.3 Å². The van der Waals surface area contributed by atoms with Gasteiger partial charge in [0.15, 0.2) is 0 Å². The van der Waals surface area contributed by atoms with E-state index < -0.39 is 12.0 Å². The number of aliphatic carboxylic acids is 1. The van der Waals surface area contributed by atoms with Gasteiger partial charge in [0.25, 0.3) is 5.56 Å². The number of aromatic nitrogens is 2. The minimum Gasteiger partial charge on any atom is -0.480 e. The number of hydrogen-bond donors (Lipinski definition) is 2. The van der Waals surface area contributed by atoms with Crippen molar-refractivity contribution in [2.75, 3.05) is 19.6 Å². The minimum absolute atomic E-state index is 0.0736. The molecule has 0 radical (unpaired) electrons. The van der Waals surface area contributed by atoms with Crippen molar-refractivity contribution in [2.24, 2.45) is 0 Å². The Bertz CT molecular complexity index is 1060. The molecule has 2 atom stereocenters. The van der Waals surface area contributed by atoms with Crippen molar-refractivity contribution in [2.45, 2.75) is 32.0 Å². The largest absolute Gasteiger partial charge is 0.480 e. The number of hydrogen-bond acceptors (Lipinski definition) is 6. The van der Waals surface area contributed by atoms with Crippen LogP contribution < -0.4 is 10.9 Å². The van der Waals surface area contributed by atoms with Crippen molar-refractivity contribution >= 4 is 27.5 Å². The van der Waals surface area contributed by atoms with Crippen LogP contribution in [0.15, 0.2) is 46.6 Å². The van der Waals surface area contributed by atoms with Gasteiger partial charge < -0.3 is 10.4 Å². The highest BCUT2D eigenvalue weighted by atomic mass is 32.1. The highest BCUT2D eigenvalue weighted by Gasteiger charge is 2.35. The van der Waals surface area contributed by atoms with E-state index in [1.165, 1.54) is 11.3 Å². The number of thiophene rings is 1. The number of rotatable bonds is 6. The van der Waals surface area contributed by atoms with Crippen molar-refractivity contribution in [3.63, 3.8) is 0 Å². The highest BCUT2D eigenvalue weighted by molar-refractivity contribution is 7.16. The molecular formula is C21H24N4O3S. The molecule has 1 aromatic carbocycles. The summed E-state index contributed by atoms with van der Waals surface area (Å²) in [6, 6.07) is 10.7. The Morgan fingerprint density at radius 1 is 1.34 bits per heavy atom. The average molecular weight is 413 g/mol. The van der Waals surface area contributed by atoms with Crippen LogP contribution in [0.3, 0.4) is 0 Å². The van der Waals surface area contributed by atoms with Crippen LogP contribution in [-0.2, 0) is 11.3 Å². The fraction of sp³-hybridized carbons (Fsp3) is 0.381. The third-order valence-corrected chi connectivity index (χ3v) is 6.26. The third-order valence-electron chi connectivity index (χ3n) is 5.45. The Morgan fingerprint density at radius 2 is 2.14 bits per heavy atom. The molecule has 0 bridgehead atoms. The summed E-state index contributed by atoms with van der Waals surface area (Å²) < 4.78 is 1.72. The molecule has 2 aromatic heterocycles. The average Bonchev–Trinajstić information content (AvgIpc) is 3.21. The number of fused-ring (bicyclic) bond motifs is 1. The van der Waals surface area contributed by atoms with E-state index >= 15 is 0 Å². The number of carboxylic acids is 1. The Morgan fingerprint density at radius 3 is 2.86 bits per heavy atom. The van der Waals surface area contributed by atoms with E-state index in [1.54, 1.807) is 4.57 Å². The molecule has 1 aliphatic rings. The fourth-order valence-corrected chi connectivity index (χ4v) is 4.79. The predicted octanol–water partition coefficient (Wildman–Crippen LogP) is 2.32. The van der Waals surface area contributed by atoms with Crippen LogP contribution >= 0.6 is 11.3 Å². The minimum atomic E-state index is -0.857. The van der Waals surface area contributed by atoms with Gasteiger partial charge in [-0.1, -0.05) is 37.3 Å². The SMILES string of the molecule is CCC(c1nc2sccc2c(=O)n1Cc1ccccc1)N1CCNCC1C(=O)O. The van der Waals surface area contributed by atoms with Crippen molar-refractivity contribution < 1.29 is 9.90 Å². The van der Waals surface area contributed by atoms with Crippen LogP contribution in [0.1, 0.15) is 30.8 Å². The van der Waals surface area contributed by atoms with Gasteiger partial charge >= 0.3 is 5.97 Å². The zero-order valence-electron chi connectivity index (χ0n) is 16.2. The number of benzene rings is 1. The Hall–Kier alpha value is -2.55. The number of piperazine rings is 1. The molecular weight excluding hydrogens is 388 g/mol. The Labute approximate surface area is 172 Å². The first-order chi connectivity index (χ1) is 14.1. The second-order valence-corrected chi connectivity index (χ2v) is 8.10. The number of carboxylic acid groups (broad SMARTS) is 1. The zero-order chi connectivity index (χ0) is 20.4. The van der Waals surface area contributed by atoms with Gasteiger partial charge in [0.2, 0.25) is 0 Å². The van der Waals surface area contributed by atoms with E-state index in [1.807, 2.05) is 53.6 Å². The first-order valence-electron chi connectivity index (χ1n) is 9.81. The summed E-state index contributed by atoms with van der Waals surface area (Å²) in [6.45, 7) is 4.12. The van der Waals surface area contributed by atoms with E-state index in [0.29, 0.717) is 48.6 Å².